The van der Waals surface area contributed by atoms with Crippen LogP contribution in [0.2, 0.25) is 0 Å². The highest BCUT2D eigenvalue weighted by atomic mass is 16.6. The molecule has 0 amide bonds. The van der Waals surface area contributed by atoms with Gasteiger partial charge in [0, 0.05) is 25.4 Å². The zero-order chi connectivity index (χ0) is 14.5. The molecule has 2 aromatic rings. The molecule has 6 nitrogen and oxygen atoms in total. The van der Waals surface area contributed by atoms with E-state index in [9.17, 15) is 10.1 Å². The number of hydrogen-bond acceptors (Lipinski definition) is 5. The Balaban J connectivity index is 2.12. The van der Waals surface area contributed by atoms with Crippen LogP contribution in [0.5, 0.6) is 0 Å². The predicted octanol–water partition coefficient (Wildman–Crippen LogP) is 2.37. The number of nitrogens with two attached hydrogens (primary N) is 1. The summed E-state index contributed by atoms with van der Waals surface area (Å²) in [4.78, 5) is 14.6. The number of aromatic nitrogens is 1. The van der Waals surface area contributed by atoms with Crippen LogP contribution >= 0.6 is 0 Å². The number of aryl methyl sites for hydroxylation is 1. The van der Waals surface area contributed by atoms with Crippen molar-refractivity contribution in [2.75, 3.05) is 5.32 Å². The molecule has 0 unspecified atom stereocenters. The Morgan fingerprint density at radius 2 is 1.95 bits per heavy atom. The second-order valence-corrected chi connectivity index (χ2v) is 4.51. The SMILES string of the molecule is Cc1cnc(NCc2ccc(CN)cc2)c([N+](=O)[O-])c1. The average molecular weight is 272 g/mol. The standard InChI is InChI=1S/C14H16N4O2/c1-10-6-13(18(19)20)14(16-8-10)17-9-12-4-2-11(7-15)3-5-12/h2-6,8H,7,9,15H2,1H3,(H,16,17). The minimum Gasteiger partial charge on any atom is -0.360 e. The molecular formula is C14H16N4O2. The molecule has 1 heterocycles. The maximum atomic E-state index is 11.0. The molecule has 0 bridgehead atoms. The van der Waals surface area contributed by atoms with Gasteiger partial charge < -0.3 is 11.1 Å². The van der Waals surface area contributed by atoms with E-state index in [4.69, 9.17) is 5.73 Å². The largest absolute Gasteiger partial charge is 0.360 e. The van der Waals surface area contributed by atoms with Gasteiger partial charge in [-0.3, -0.25) is 10.1 Å². The number of rotatable bonds is 5. The molecule has 0 spiro atoms. The summed E-state index contributed by atoms with van der Waals surface area (Å²) in [5.41, 5.74) is 8.34. The third-order valence-electron chi connectivity index (χ3n) is 2.92. The number of pyridine rings is 1. The average Bonchev–Trinajstić information content (AvgIpc) is 2.46. The number of nitro groups is 1. The second kappa shape index (κ2) is 6.12. The lowest BCUT2D eigenvalue weighted by Crippen LogP contribution is -2.05. The Hall–Kier alpha value is -2.47. The molecule has 0 saturated carbocycles. The molecule has 20 heavy (non-hydrogen) atoms. The fourth-order valence-corrected chi connectivity index (χ4v) is 1.81. The van der Waals surface area contributed by atoms with E-state index in [0.29, 0.717) is 13.1 Å². The Bertz CT molecular complexity index is 611. The van der Waals surface area contributed by atoms with Gasteiger partial charge in [-0.2, -0.15) is 0 Å². The normalized spacial score (nSPS) is 10.3. The first kappa shape index (κ1) is 14.0. The van der Waals surface area contributed by atoms with Crippen LogP contribution in [-0.2, 0) is 13.1 Å². The van der Waals surface area contributed by atoms with Gasteiger partial charge in [-0.05, 0) is 23.6 Å². The van der Waals surface area contributed by atoms with Crippen LogP contribution in [0.4, 0.5) is 11.5 Å². The lowest BCUT2D eigenvalue weighted by Gasteiger charge is -2.07. The van der Waals surface area contributed by atoms with E-state index < -0.39 is 4.92 Å². The highest BCUT2D eigenvalue weighted by Crippen LogP contribution is 2.22. The molecular weight excluding hydrogens is 256 g/mol. The van der Waals surface area contributed by atoms with Gasteiger partial charge in [0.2, 0.25) is 5.82 Å². The number of anilines is 1. The first-order valence-electron chi connectivity index (χ1n) is 6.23. The Morgan fingerprint density at radius 3 is 2.55 bits per heavy atom. The molecule has 104 valence electrons. The topological polar surface area (TPSA) is 94.1 Å². The van der Waals surface area contributed by atoms with Crippen molar-refractivity contribution in [2.24, 2.45) is 5.73 Å². The van der Waals surface area contributed by atoms with Crippen molar-refractivity contribution in [3.63, 3.8) is 0 Å². The van der Waals surface area contributed by atoms with Crippen LogP contribution in [0.1, 0.15) is 16.7 Å². The third-order valence-corrected chi connectivity index (χ3v) is 2.92. The molecule has 0 aliphatic rings. The first-order valence-corrected chi connectivity index (χ1v) is 6.23. The van der Waals surface area contributed by atoms with E-state index in [-0.39, 0.29) is 11.5 Å². The van der Waals surface area contributed by atoms with Crippen LogP contribution in [0.25, 0.3) is 0 Å². The number of benzene rings is 1. The summed E-state index contributed by atoms with van der Waals surface area (Å²) in [5.74, 6) is 0.281. The van der Waals surface area contributed by atoms with Crippen molar-refractivity contribution in [1.29, 1.82) is 0 Å². The van der Waals surface area contributed by atoms with E-state index in [2.05, 4.69) is 10.3 Å². The van der Waals surface area contributed by atoms with Crippen LogP contribution in [0.3, 0.4) is 0 Å². The van der Waals surface area contributed by atoms with E-state index in [1.54, 1.807) is 13.1 Å². The molecule has 0 fully saturated rings. The van der Waals surface area contributed by atoms with Crippen LogP contribution in [0.15, 0.2) is 36.5 Å². The van der Waals surface area contributed by atoms with Gasteiger partial charge in [-0.15, -0.1) is 0 Å². The summed E-state index contributed by atoms with van der Waals surface area (Å²) in [6, 6.07) is 9.26. The quantitative estimate of drug-likeness (QED) is 0.643. The molecule has 3 N–H and O–H groups in total. The fraction of sp³-hybridized carbons (Fsp3) is 0.214. The maximum Gasteiger partial charge on any atom is 0.311 e. The molecule has 1 aromatic heterocycles. The van der Waals surface area contributed by atoms with E-state index in [1.807, 2.05) is 24.3 Å². The first-order chi connectivity index (χ1) is 9.60. The molecule has 0 aliphatic heterocycles. The lowest BCUT2D eigenvalue weighted by atomic mass is 10.1. The van der Waals surface area contributed by atoms with Gasteiger partial charge in [-0.25, -0.2) is 4.98 Å². The number of hydrogen-bond donors (Lipinski definition) is 2. The van der Waals surface area contributed by atoms with Crippen molar-refractivity contribution in [1.82, 2.24) is 4.98 Å². The van der Waals surface area contributed by atoms with Crippen LogP contribution in [0, 0.1) is 17.0 Å². The van der Waals surface area contributed by atoms with E-state index >= 15 is 0 Å². The van der Waals surface area contributed by atoms with Crippen LogP contribution < -0.4 is 11.1 Å². The molecule has 0 saturated heterocycles. The van der Waals surface area contributed by atoms with Crippen LogP contribution in [-0.4, -0.2) is 9.91 Å². The van der Waals surface area contributed by atoms with E-state index in [0.717, 1.165) is 16.7 Å². The zero-order valence-electron chi connectivity index (χ0n) is 11.2. The summed E-state index contributed by atoms with van der Waals surface area (Å²) in [5, 5.41) is 14.0. The summed E-state index contributed by atoms with van der Waals surface area (Å²) in [7, 11) is 0. The highest BCUT2D eigenvalue weighted by molar-refractivity contribution is 5.56. The molecule has 1 aromatic carbocycles. The summed E-state index contributed by atoms with van der Waals surface area (Å²) >= 11 is 0. The van der Waals surface area contributed by atoms with Gasteiger partial charge >= 0.3 is 5.69 Å². The highest BCUT2D eigenvalue weighted by Gasteiger charge is 2.14. The molecule has 0 atom stereocenters. The summed E-state index contributed by atoms with van der Waals surface area (Å²) in [6.07, 6.45) is 1.60. The van der Waals surface area contributed by atoms with Gasteiger partial charge in [-0.1, -0.05) is 24.3 Å². The van der Waals surface area contributed by atoms with Gasteiger partial charge in [0.15, 0.2) is 0 Å². The van der Waals surface area contributed by atoms with Crippen molar-refractivity contribution >= 4 is 11.5 Å². The Morgan fingerprint density at radius 1 is 1.30 bits per heavy atom. The maximum absolute atomic E-state index is 11.0. The van der Waals surface area contributed by atoms with Crippen molar-refractivity contribution in [3.8, 4) is 0 Å². The third kappa shape index (κ3) is 3.30. The number of nitrogens with zero attached hydrogens (tertiary/aromatic N) is 2. The molecule has 0 radical (unpaired) electrons. The molecule has 6 heteroatoms. The lowest BCUT2D eigenvalue weighted by molar-refractivity contribution is -0.384. The summed E-state index contributed by atoms with van der Waals surface area (Å²) < 4.78 is 0. The Kier molecular flexibility index (Phi) is 4.27. The predicted molar refractivity (Wildman–Crippen MR) is 77.3 cm³/mol. The van der Waals surface area contributed by atoms with E-state index in [1.165, 1.54) is 6.07 Å². The molecule has 0 aliphatic carbocycles. The minimum absolute atomic E-state index is 0.0106. The van der Waals surface area contributed by atoms with Gasteiger partial charge in [0.1, 0.15) is 0 Å². The zero-order valence-corrected chi connectivity index (χ0v) is 11.2. The van der Waals surface area contributed by atoms with Crippen molar-refractivity contribution in [2.45, 2.75) is 20.0 Å². The van der Waals surface area contributed by atoms with Gasteiger partial charge in [0.25, 0.3) is 0 Å². The van der Waals surface area contributed by atoms with Gasteiger partial charge in [0.05, 0.1) is 4.92 Å². The minimum atomic E-state index is -0.431. The van der Waals surface area contributed by atoms with Crippen molar-refractivity contribution < 1.29 is 4.92 Å². The van der Waals surface area contributed by atoms with Crippen molar-refractivity contribution in [3.05, 3.63) is 63.3 Å². The Labute approximate surface area is 116 Å². The number of nitrogens with one attached hydrogen (secondary N) is 1. The fourth-order valence-electron chi connectivity index (χ4n) is 1.81. The monoisotopic (exact) mass is 272 g/mol. The second-order valence-electron chi connectivity index (χ2n) is 4.51. The summed E-state index contributed by atoms with van der Waals surface area (Å²) in [6.45, 7) is 2.75. The molecule has 2 rings (SSSR count). The smallest absolute Gasteiger partial charge is 0.311 e.